The van der Waals surface area contributed by atoms with Gasteiger partial charge in [0.05, 0.1) is 11.1 Å². The summed E-state index contributed by atoms with van der Waals surface area (Å²) in [4.78, 5) is 29.8. The molecule has 1 saturated heterocycles. The fraction of sp³-hybridized carbons (Fsp3) is 0.423. The minimum Gasteiger partial charge on any atom is -0.507 e. The second kappa shape index (κ2) is 9.58. The van der Waals surface area contributed by atoms with Crippen molar-refractivity contribution in [3.8, 4) is 11.5 Å². The van der Waals surface area contributed by atoms with Crippen LogP contribution in [0.3, 0.4) is 0 Å². The maximum Gasteiger partial charge on any atom is 0.274 e. The number of nitrogens with zero attached hydrogens (tertiary/aromatic N) is 3. The smallest absolute Gasteiger partial charge is 0.274 e. The summed E-state index contributed by atoms with van der Waals surface area (Å²) in [5, 5.41) is 21.5. The van der Waals surface area contributed by atoms with E-state index in [1.807, 2.05) is 18.2 Å². The van der Waals surface area contributed by atoms with E-state index in [9.17, 15) is 14.7 Å². The molecule has 3 heterocycles. The fourth-order valence-electron chi connectivity index (χ4n) is 4.75. The van der Waals surface area contributed by atoms with Crippen LogP contribution in [0.4, 0.5) is 0 Å². The molecule has 0 aliphatic carbocycles. The van der Waals surface area contributed by atoms with Gasteiger partial charge in [-0.05, 0) is 42.2 Å². The van der Waals surface area contributed by atoms with Crippen molar-refractivity contribution in [1.82, 2.24) is 25.3 Å². The highest BCUT2D eigenvalue weighted by Crippen LogP contribution is 2.32. The Morgan fingerprint density at radius 3 is 2.63 bits per heavy atom. The third kappa shape index (κ3) is 4.68. The highest BCUT2D eigenvalue weighted by molar-refractivity contribution is 6.08. The zero-order valence-electron chi connectivity index (χ0n) is 20.1. The first-order valence-electron chi connectivity index (χ1n) is 12.2. The van der Waals surface area contributed by atoms with Crippen LogP contribution in [0.15, 0.2) is 30.3 Å². The maximum atomic E-state index is 13.4. The predicted molar refractivity (Wildman–Crippen MR) is 132 cm³/mol. The van der Waals surface area contributed by atoms with Gasteiger partial charge in [0, 0.05) is 50.2 Å². The van der Waals surface area contributed by atoms with Gasteiger partial charge in [0.15, 0.2) is 5.69 Å². The van der Waals surface area contributed by atoms with Crippen LogP contribution in [0.25, 0.3) is 10.9 Å². The Labute approximate surface area is 204 Å². The lowest BCUT2D eigenvalue weighted by Gasteiger charge is -2.17. The van der Waals surface area contributed by atoms with E-state index in [4.69, 9.17) is 4.74 Å². The molecule has 0 radical (unpaired) electrons. The molecule has 2 amide bonds. The number of amides is 2. The van der Waals surface area contributed by atoms with Gasteiger partial charge < -0.3 is 25.0 Å². The molecule has 0 atom stereocenters. The standard InChI is InChI=1S/C26H31N5O4/c1-16(2)27-7-10-35-19-6-5-17-14-31(15-18(17)11-19)25(33)21-12-20-22(13-23(21)32)28-29-24(20)26(34)30-8-3-4-9-30/h5-6,11-13,16,27,32H,3-4,7-10,14-15H2,1-2H3,(H,28,29). The molecular weight excluding hydrogens is 446 g/mol. The number of likely N-dealkylation sites (tertiary alicyclic amines) is 1. The molecule has 2 aliphatic rings. The number of fused-ring (bicyclic) bond motifs is 2. The summed E-state index contributed by atoms with van der Waals surface area (Å²) in [6, 6.07) is 9.35. The maximum absolute atomic E-state index is 13.4. The normalized spacial score (nSPS) is 15.3. The van der Waals surface area contributed by atoms with Gasteiger partial charge in [-0.25, -0.2) is 0 Å². The van der Waals surface area contributed by atoms with E-state index >= 15 is 0 Å². The first-order valence-corrected chi connectivity index (χ1v) is 12.2. The van der Waals surface area contributed by atoms with Crippen molar-refractivity contribution < 1.29 is 19.4 Å². The van der Waals surface area contributed by atoms with Crippen LogP contribution in [0.1, 0.15) is 58.7 Å². The number of H-pyrrole nitrogens is 1. The minimum absolute atomic E-state index is 0.135. The number of ether oxygens (including phenoxy) is 1. The molecular formula is C26H31N5O4. The van der Waals surface area contributed by atoms with Crippen molar-refractivity contribution >= 4 is 22.7 Å². The lowest BCUT2D eigenvalue weighted by Crippen LogP contribution is -2.28. The van der Waals surface area contributed by atoms with Gasteiger partial charge in [0.2, 0.25) is 0 Å². The average molecular weight is 478 g/mol. The zero-order chi connectivity index (χ0) is 24.5. The van der Waals surface area contributed by atoms with Gasteiger partial charge in [-0.15, -0.1) is 0 Å². The molecule has 1 aromatic heterocycles. The summed E-state index contributed by atoms with van der Waals surface area (Å²) in [5.74, 6) is 0.202. The van der Waals surface area contributed by atoms with Crippen LogP contribution in [0.5, 0.6) is 11.5 Å². The van der Waals surface area contributed by atoms with Gasteiger partial charge >= 0.3 is 0 Å². The van der Waals surface area contributed by atoms with Gasteiger partial charge in [-0.2, -0.15) is 5.10 Å². The largest absolute Gasteiger partial charge is 0.507 e. The zero-order valence-corrected chi connectivity index (χ0v) is 20.1. The second-order valence-corrected chi connectivity index (χ2v) is 9.54. The van der Waals surface area contributed by atoms with Crippen molar-refractivity contribution in [2.75, 3.05) is 26.2 Å². The van der Waals surface area contributed by atoms with E-state index in [2.05, 4.69) is 29.4 Å². The summed E-state index contributed by atoms with van der Waals surface area (Å²) in [6.45, 7) is 7.81. The number of aromatic amines is 1. The molecule has 0 spiro atoms. The minimum atomic E-state index is -0.287. The molecule has 3 N–H and O–H groups in total. The monoisotopic (exact) mass is 477 g/mol. The van der Waals surface area contributed by atoms with Crippen molar-refractivity contribution in [3.63, 3.8) is 0 Å². The Morgan fingerprint density at radius 2 is 1.86 bits per heavy atom. The van der Waals surface area contributed by atoms with Gasteiger partial charge in [0.25, 0.3) is 11.8 Å². The quantitative estimate of drug-likeness (QED) is 0.451. The van der Waals surface area contributed by atoms with E-state index in [0.717, 1.165) is 36.3 Å². The Hall–Kier alpha value is -3.59. The van der Waals surface area contributed by atoms with Crippen LogP contribution in [-0.4, -0.2) is 69.2 Å². The van der Waals surface area contributed by atoms with E-state index in [1.165, 1.54) is 6.07 Å². The van der Waals surface area contributed by atoms with Crippen molar-refractivity contribution in [2.45, 2.75) is 45.8 Å². The summed E-state index contributed by atoms with van der Waals surface area (Å²) in [6.07, 6.45) is 1.96. The number of hydrogen-bond donors (Lipinski definition) is 3. The Bertz CT molecular complexity index is 1260. The topological polar surface area (TPSA) is 111 Å². The number of phenolic OH excluding ortho intramolecular Hbond substituents is 1. The van der Waals surface area contributed by atoms with Gasteiger partial charge in [-0.3, -0.25) is 14.7 Å². The molecule has 35 heavy (non-hydrogen) atoms. The number of benzene rings is 2. The molecule has 0 unspecified atom stereocenters. The average Bonchev–Trinajstić information content (AvgIpc) is 3.59. The Morgan fingerprint density at radius 1 is 1.09 bits per heavy atom. The summed E-state index contributed by atoms with van der Waals surface area (Å²) in [7, 11) is 0. The summed E-state index contributed by atoms with van der Waals surface area (Å²) < 4.78 is 5.85. The Kier molecular flexibility index (Phi) is 6.34. The molecule has 1 fully saturated rings. The second-order valence-electron chi connectivity index (χ2n) is 9.54. The van der Waals surface area contributed by atoms with Crippen LogP contribution < -0.4 is 10.1 Å². The van der Waals surface area contributed by atoms with Crippen molar-refractivity contribution in [2.24, 2.45) is 0 Å². The molecule has 0 bridgehead atoms. The molecule has 5 rings (SSSR count). The third-order valence-corrected chi connectivity index (χ3v) is 6.62. The van der Waals surface area contributed by atoms with Crippen molar-refractivity contribution in [3.05, 3.63) is 52.7 Å². The number of aromatic hydroxyl groups is 1. The van der Waals surface area contributed by atoms with E-state index in [0.29, 0.717) is 49.7 Å². The number of phenols is 1. The first-order chi connectivity index (χ1) is 16.9. The lowest BCUT2D eigenvalue weighted by molar-refractivity contribution is 0.0746. The molecule has 9 nitrogen and oxygen atoms in total. The van der Waals surface area contributed by atoms with E-state index in [1.54, 1.807) is 15.9 Å². The molecule has 184 valence electrons. The molecule has 9 heteroatoms. The molecule has 2 aromatic carbocycles. The van der Waals surface area contributed by atoms with E-state index in [-0.39, 0.29) is 28.8 Å². The van der Waals surface area contributed by atoms with Crippen LogP contribution >= 0.6 is 0 Å². The summed E-state index contributed by atoms with van der Waals surface area (Å²) >= 11 is 0. The van der Waals surface area contributed by atoms with Crippen LogP contribution in [0, 0.1) is 0 Å². The number of hydrogen-bond acceptors (Lipinski definition) is 6. The van der Waals surface area contributed by atoms with Gasteiger partial charge in [0.1, 0.15) is 18.1 Å². The van der Waals surface area contributed by atoms with Crippen LogP contribution in [0.2, 0.25) is 0 Å². The highest BCUT2D eigenvalue weighted by atomic mass is 16.5. The number of carbonyl (C=O) groups is 2. The fourth-order valence-corrected chi connectivity index (χ4v) is 4.75. The number of aromatic nitrogens is 2. The first kappa shape index (κ1) is 23.2. The third-order valence-electron chi connectivity index (χ3n) is 6.62. The highest BCUT2D eigenvalue weighted by Gasteiger charge is 2.29. The van der Waals surface area contributed by atoms with E-state index < -0.39 is 0 Å². The predicted octanol–water partition coefficient (Wildman–Crippen LogP) is 3.04. The van der Waals surface area contributed by atoms with Gasteiger partial charge in [-0.1, -0.05) is 19.9 Å². The Balaban J connectivity index is 1.32. The number of carbonyl (C=O) groups excluding carboxylic acids is 2. The molecule has 0 saturated carbocycles. The van der Waals surface area contributed by atoms with Crippen LogP contribution in [-0.2, 0) is 13.1 Å². The SMILES string of the molecule is CC(C)NCCOc1ccc2c(c1)CN(C(=O)c1cc3c(C(=O)N4CCCC4)n[nH]c3cc1O)C2. The molecule has 2 aliphatic heterocycles. The number of rotatable bonds is 7. The molecule has 3 aromatic rings. The summed E-state index contributed by atoms with van der Waals surface area (Å²) in [5.41, 5.74) is 3.06. The lowest BCUT2D eigenvalue weighted by atomic mass is 10.1. The van der Waals surface area contributed by atoms with Crippen molar-refractivity contribution in [1.29, 1.82) is 0 Å². The number of nitrogens with one attached hydrogen (secondary N) is 2.